The number of hydrogen-bond acceptors (Lipinski definition) is 3. The van der Waals surface area contributed by atoms with Crippen molar-refractivity contribution in [3.8, 4) is 0 Å². The molecule has 0 unspecified atom stereocenters. The summed E-state index contributed by atoms with van der Waals surface area (Å²) in [7, 11) is 4.03. The van der Waals surface area contributed by atoms with E-state index in [1.165, 1.54) is 12.1 Å². The van der Waals surface area contributed by atoms with Gasteiger partial charge < -0.3 is 16.0 Å². The van der Waals surface area contributed by atoms with Crippen LogP contribution in [0.5, 0.6) is 0 Å². The first-order chi connectivity index (χ1) is 7.50. The largest absolute Gasteiger partial charge is 0.397 e. The van der Waals surface area contributed by atoms with Crippen LogP contribution in [0.1, 0.15) is 6.42 Å². The van der Waals surface area contributed by atoms with Gasteiger partial charge in [0.1, 0.15) is 5.82 Å². The van der Waals surface area contributed by atoms with Crippen LogP contribution in [-0.2, 0) is 0 Å². The van der Waals surface area contributed by atoms with Crippen LogP contribution >= 0.6 is 11.6 Å². The molecule has 0 saturated carbocycles. The second kappa shape index (κ2) is 5.92. The number of rotatable bonds is 5. The Morgan fingerprint density at radius 1 is 1.44 bits per heavy atom. The van der Waals surface area contributed by atoms with Crippen LogP contribution < -0.4 is 11.1 Å². The fourth-order valence-corrected chi connectivity index (χ4v) is 1.50. The molecule has 0 amide bonds. The highest BCUT2D eigenvalue weighted by molar-refractivity contribution is 6.31. The first-order valence-corrected chi connectivity index (χ1v) is 5.51. The van der Waals surface area contributed by atoms with Gasteiger partial charge in [0.25, 0.3) is 0 Å². The van der Waals surface area contributed by atoms with E-state index in [2.05, 4.69) is 10.2 Å². The first kappa shape index (κ1) is 13.1. The van der Waals surface area contributed by atoms with Crippen molar-refractivity contribution in [2.75, 3.05) is 38.2 Å². The average molecular weight is 246 g/mol. The molecule has 3 nitrogen and oxygen atoms in total. The van der Waals surface area contributed by atoms with Crippen LogP contribution in [0.2, 0.25) is 5.02 Å². The van der Waals surface area contributed by atoms with E-state index in [1.807, 2.05) is 14.1 Å². The number of benzene rings is 1. The topological polar surface area (TPSA) is 41.3 Å². The van der Waals surface area contributed by atoms with Crippen molar-refractivity contribution in [2.45, 2.75) is 6.42 Å². The molecule has 0 saturated heterocycles. The minimum Gasteiger partial charge on any atom is -0.397 e. The highest BCUT2D eigenvalue weighted by Gasteiger charge is 2.05. The monoisotopic (exact) mass is 245 g/mol. The third-order valence-electron chi connectivity index (χ3n) is 2.19. The number of anilines is 2. The van der Waals surface area contributed by atoms with Crippen molar-refractivity contribution >= 4 is 23.0 Å². The molecule has 90 valence electrons. The molecule has 0 heterocycles. The van der Waals surface area contributed by atoms with Crippen LogP contribution in [0, 0.1) is 5.82 Å². The Balaban J connectivity index is 2.51. The second-order valence-electron chi connectivity index (χ2n) is 3.94. The summed E-state index contributed by atoms with van der Waals surface area (Å²) in [5.74, 6) is -0.488. The van der Waals surface area contributed by atoms with Gasteiger partial charge in [-0.3, -0.25) is 0 Å². The van der Waals surface area contributed by atoms with Gasteiger partial charge in [0.2, 0.25) is 0 Å². The van der Waals surface area contributed by atoms with Gasteiger partial charge in [-0.15, -0.1) is 0 Å². The number of nitrogens with zero attached hydrogens (tertiary/aromatic N) is 1. The van der Waals surface area contributed by atoms with E-state index in [0.717, 1.165) is 19.5 Å². The maximum absolute atomic E-state index is 13.0. The van der Waals surface area contributed by atoms with Crippen molar-refractivity contribution in [3.63, 3.8) is 0 Å². The van der Waals surface area contributed by atoms with Gasteiger partial charge >= 0.3 is 0 Å². The molecule has 0 fully saturated rings. The molecule has 1 rings (SSSR count). The van der Waals surface area contributed by atoms with Crippen molar-refractivity contribution < 1.29 is 4.39 Å². The molecule has 3 N–H and O–H groups in total. The predicted octanol–water partition coefficient (Wildman–Crippen LogP) is 2.42. The maximum Gasteiger partial charge on any atom is 0.143 e. The van der Waals surface area contributed by atoms with Gasteiger partial charge in [-0.2, -0.15) is 0 Å². The van der Waals surface area contributed by atoms with Crippen molar-refractivity contribution in [1.82, 2.24) is 4.90 Å². The lowest BCUT2D eigenvalue weighted by atomic mass is 10.2. The molecular weight excluding hydrogens is 229 g/mol. The third-order valence-corrected chi connectivity index (χ3v) is 2.48. The Morgan fingerprint density at radius 2 is 2.12 bits per heavy atom. The molecule has 1 aromatic rings. The highest BCUT2D eigenvalue weighted by atomic mass is 35.5. The molecule has 16 heavy (non-hydrogen) atoms. The third kappa shape index (κ3) is 3.87. The van der Waals surface area contributed by atoms with Gasteiger partial charge in [0.15, 0.2) is 0 Å². The van der Waals surface area contributed by atoms with E-state index in [4.69, 9.17) is 17.3 Å². The quantitative estimate of drug-likeness (QED) is 0.618. The van der Waals surface area contributed by atoms with Crippen LogP contribution in [-0.4, -0.2) is 32.1 Å². The molecule has 1 aromatic carbocycles. The zero-order valence-electron chi connectivity index (χ0n) is 9.56. The second-order valence-corrected chi connectivity index (χ2v) is 4.34. The van der Waals surface area contributed by atoms with Gasteiger partial charge in [0, 0.05) is 12.6 Å². The lowest BCUT2D eigenvalue weighted by molar-refractivity contribution is 0.405. The molecule has 0 aliphatic rings. The molecule has 0 aliphatic heterocycles. The number of hydrogen-bond donors (Lipinski definition) is 2. The minimum absolute atomic E-state index is 0.0873. The Bertz CT molecular complexity index is 355. The van der Waals surface area contributed by atoms with E-state index in [-0.39, 0.29) is 5.02 Å². The maximum atomic E-state index is 13.0. The SMILES string of the molecule is CN(C)CCCNc1cc(Cl)c(F)cc1N. The molecule has 5 heteroatoms. The Morgan fingerprint density at radius 3 is 2.75 bits per heavy atom. The van der Waals surface area contributed by atoms with E-state index in [0.29, 0.717) is 11.4 Å². The van der Waals surface area contributed by atoms with Crippen LogP contribution in [0.4, 0.5) is 15.8 Å². The summed E-state index contributed by atoms with van der Waals surface area (Å²) in [6, 6.07) is 2.75. The highest BCUT2D eigenvalue weighted by Crippen LogP contribution is 2.25. The standard InChI is InChI=1S/C11H17ClFN3/c1-16(2)5-3-4-15-11-6-8(12)9(13)7-10(11)14/h6-7,15H,3-5,14H2,1-2H3. The van der Waals surface area contributed by atoms with E-state index in [9.17, 15) is 4.39 Å². The summed E-state index contributed by atoms with van der Waals surface area (Å²) in [4.78, 5) is 2.10. The average Bonchev–Trinajstić information content (AvgIpc) is 2.19. The van der Waals surface area contributed by atoms with Gasteiger partial charge in [0.05, 0.1) is 16.4 Å². The Labute approximate surface area is 100 Å². The van der Waals surface area contributed by atoms with Crippen molar-refractivity contribution in [1.29, 1.82) is 0 Å². The molecule has 0 atom stereocenters. The molecular formula is C11H17ClFN3. The zero-order valence-corrected chi connectivity index (χ0v) is 10.3. The smallest absolute Gasteiger partial charge is 0.143 e. The number of nitrogens with two attached hydrogens (primary N) is 1. The molecule has 0 radical (unpaired) electrons. The Kier molecular flexibility index (Phi) is 4.83. The van der Waals surface area contributed by atoms with Crippen molar-refractivity contribution in [3.05, 3.63) is 23.0 Å². The van der Waals surface area contributed by atoms with Crippen LogP contribution in [0.25, 0.3) is 0 Å². The number of halogens is 2. The first-order valence-electron chi connectivity index (χ1n) is 5.14. The summed E-state index contributed by atoms with van der Waals surface area (Å²) < 4.78 is 13.0. The molecule has 0 spiro atoms. The van der Waals surface area contributed by atoms with Gasteiger partial charge in [-0.25, -0.2) is 4.39 Å². The summed E-state index contributed by atoms with van der Waals surface area (Å²) in [5.41, 5.74) is 6.73. The Hall–Kier alpha value is -1.00. The van der Waals surface area contributed by atoms with Crippen LogP contribution in [0.3, 0.4) is 0 Å². The van der Waals surface area contributed by atoms with E-state index >= 15 is 0 Å². The fraction of sp³-hybridized carbons (Fsp3) is 0.455. The lowest BCUT2D eigenvalue weighted by Gasteiger charge is -2.12. The number of nitrogen functional groups attached to an aromatic ring is 1. The summed E-state index contributed by atoms with van der Waals surface area (Å²) >= 11 is 5.67. The van der Waals surface area contributed by atoms with Crippen LogP contribution in [0.15, 0.2) is 12.1 Å². The van der Waals surface area contributed by atoms with Crippen molar-refractivity contribution in [2.24, 2.45) is 0 Å². The number of nitrogens with one attached hydrogen (secondary N) is 1. The predicted molar refractivity (Wildman–Crippen MR) is 67.5 cm³/mol. The van der Waals surface area contributed by atoms with E-state index in [1.54, 1.807) is 0 Å². The summed E-state index contributed by atoms with van der Waals surface area (Å²) in [6.07, 6.45) is 0.988. The summed E-state index contributed by atoms with van der Waals surface area (Å²) in [6.45, 7) is 1.77. The van der Waals surface area contributed by atoms with E-state index < -0.39 is 5.82 Å². The molecule has 0 aliphatic carbocycles. The molecule has 0 bridgehead atoms. The summed E-state index contributed by atoms with van der Waals surface area (Å²) in [5, 5.41) is 3.22. The normalized spacial score (nSPS) is 10.8. The van der Waals surface area contributed by atoms with Gasteiger partial charge in [-0.1, -0.05) is 11.6 Å². The lowest BCUT2D eigenvalue weighted by Crippen LogP contribution is -2.16. The minimum atomic E-state index is -0.488. The molecule has 0 aromatic heterocycles. The fourth-order valence-electron chi connectivity index (χ4n) is 1.33. The zero-order chi connectivity index (χ0) is 12.1. The van der Waals surface area contributed by atoms with Gasteiger partial charge in [-0.05, 0) is 33.1 Å².